The Hall–Kier alpha value is -2.68. The Balaban J connectivity index is 1.44. The third-order valence-electron chi connectivity index (χ3n) is 6.10. The molecule has 1 amide bonds. The van der Waals surface area contributed by atoms with Gasteiger partial charge < -0.3 is 19.8 Å². The van der Waals surface area contributed by atoms with E-state index in [-0.39, 0.29) is 28.8 Å². The van der Waals surface area contributed by atoms with E-state index in [9.17, 15) is 4.79 Å². The van der Waals surface area contributed by atoms with Gasteiger partial charge in [-0.1, -0.05) is 20.3 Å². The molecule has 1 aliphatic heterocycles. The Morgan fingerprint density at radius 2 is 2.28 bits per heavy atom. The largest absolute Gasteiger partial charge is 0.446 e. The number of amides is 1. The van der Waals surface area contributed by atoms with E-state index in [1.807, 2.05) is 6.07 Å². The van der Waals surface area contributed by atoms with Crippen molar-refractivity contribution in [1.29, 1.82) is 10.8 Å². The molecule has 0 radical (unpaired) electrons. The van der Waals surface area contributed by atoms with Crippen molar-refractivity contribution < 1.29 is 14.3 Å². The molecule has 4 N–H and O–H groups in total. The van der Waals surface area contributed by atoms with Crippen LogP contribution in [0.15, 0.2) is 18.5 Å². The molecule has 1 saturated heterocycles. The molecule has 2 aromatic rings. The summed E-state index contributed by atoms with van der Waals surface area (Å²) in [5.41, 5.74) is 1.54. The number of H-pyrrole nitrogens is 1. The fourth-order valence-electron chi connectivity index (χ4n) is 4.36. The summed E-state index contributed by atoms with van der Waals surface area (Å²) < 4.78 is 12.5. The van der Waals surface area contributed by atoms with Gasteiger partial charge in [-0.3, -0.25) is 15.4 Å². The minimum atomic E-state index is -0.407. The zero-order valence-corrected chi connectivity index (χ0v) is 16.8. The summed E-state index contributed by atoms with van der Waals surface area (Å²) in [6.45, 7) is 6.01. The molecule has 4 rings (SSSR count). The van der Waals surface area contributed by atoms with Gasteiger partial charge >= 0.3 is 6.09 Å². The first-order valence-electron chi connectivity index (χ1n) is 10.1. The van der Waals surface area contributed by atoms with Crippen molar-refractivity contribution in [3.8, 4) is 0 Å². The van der Waals surface area contributed by atoms with Gasteiger partial charge in [-0.25, -0.2) is 9.78 Å². The summed E-state index contributed by atoms with van der Waals surface area (Å²) in [6.07, 6.45) is 4.79. The lowest BCUT2D eigenvalue weighted by Crippen LogP contribution is -2.49. The molecule has 3 atom stereocenters. The molecule has 0 unspecified atom stereocenters. The lowest BCUT2D eigenvalue weighted by molar-refractivity contribution is -0.0985. The molecule has 2 fully saturated rings. The van der Waals surface area contributed by atoms with E-state index in [1.165, 1.54) is 6.20 Å². The molecule has 2 aromatic heterocycles. The highest BCUT2D eigenvalue weighted by molar-refractivity contribution is 5.91. The fraction of sp³-hybridized carbons (Fsp3) is 0.600. The monoisotopic (exact) mass is 400 g/mol. The van der Waals surface area contributed by atoms with Crippen LogP contribution in [0, 0.1) is 28.1 Å². The van der Waals surface area contributed by atoms with Crippen LogP contribution in [0.4, 0.5) is 4.79 Å². The van der Waals surface area contributed by atoms with Gasteiger partial charge in [-0.2, -0.15) is 0 Å². The Morgan fingerprint density at radius 3 is 2.97 bits per heavy atom. The molecule has 9 heteroatoms. The van der Waals surface area contributed by atoms with Crippen LogP contribution < -0.4 is 10.8 Å². The molecule has 0 aromatic carbocycles. The summed E-state index contributed by atoms with van der Waals surface area (Å²) in [7, 11) is 0. The minimum absolute atomic E-state index is 0.00421. The van der Waals surface area contributed by atoms with E-state index in [2.05, 4.69) is 29.1 Å². The highest BCUT2D eigenvalue weighted by atomic mass is 16.6. The first-order valence-corrected chi connectivity index (χ1v) is 10.1. The van der Waals surface area contributed by atoms with Crippen LogP contribution >= 0.6 is 0 Å². The van der Waals surface area contributed by atoms with Crippen molar-refractivity contribution in [3.05, 3.63) is 23.9 Å². The van der Waals surface area contributed by atoms with Gasteiger partial charge in [0.1, 0.15) is 17.4 Å². The van der Waals surface area contributed by atoms with E-state index >= 15 is 0 Å². The standard InChI is InChI=1S/C20H28N6O3/c1-3-12-6-13(29-19(27)25-9-20(2)10-28-11-20)7-14(12)17(22)26-15-4-5-23-18(15)24-8-16(26)21/h4-5,8,12-14,21-23H,3,6-7,9-11H2,1-2H3,(H,25,27)/t12-,13+,14+/m1/s1. The van der Waals surface area contributed by atoms with E-state index in [4.69, 9.17) is 20.3 Å². The van der Waals surface area contributed by atoms with Gasteiger partial charge in [0.15, 0.2) is 5.65 Å². The molecule has 0 bridgehead atoms. The molecule has 156 valence electrons. The fourth-order valence-corrected chi connectivity index (χ4v) is 4.36. The number of nitrogens with zero attached hydrogens (tertiary/aromatic N) is 2. The highest BCUT2D eigenvalue weighted by Crippen LogP contribution is 2.37. The Kier molecular flexibility index (Phi) is 5.16. The first kappa shape index (κ1) is 19.6. The first-order chi connectivity index (χ1) is 13.9. The number of aromatic amines is 1. The molecule has 2 aliphatic rings. The second-order valence-corrected chi connectivity index (χ2v) is 8.51. The van der Waals surface area contributed by atoms with Gasteiger partial charge in [-0.05, 0) is 24.8 Å². The predicted octanol–water partition coefficient (Wildman–Crippen LogP) is 2.24. The number of alkyl carbamates (subject to hydrolysis) is 1. The predicted molar refractivity (Wildman–Crippen MR) is 107 cm³/mol. The molecule has 1 aliphatic carbocycles. The highest BCUT2D eigenvalue weighted by Gasteiger charge is 2.39. The molecular weight excluding hydrogens is 372 g/mol. The molecule has 0 spiro atoms. The third kappa shape index (κ3) is 3.78. The zero-order chi connectivity index (χ0) is 20.6. The SMILES string of the molecule is CC[C@@H]1C[C@H](OC(=O)NCC2(C)COC2)C[C@@H]1C(=N)n1c(=N)cnc2[nH]ccc21. The van der Waals surface area contributed by atoms with Crippen molar-refractivity contribution in [2.24, 2.45) is 17.3 Å². The third-order valence-corrected chi connectivity index (χ3v) is 6.10. The van der Waals surface area contributed by atoms with Crippen LogP contribution in [0.2, 0.25) is 0 Å². The van der Waals surface area contributed by atoms with Crippen LogP contribution in [-0.2, 0) is 9.47 Å². The summed E-state index contributed by atoms with van der Waals surface area (Å²) in [4.78, 5) is 19.5. The lowest BCUT2D eigenvalue weighted by Gasteiger charge is -2.37. The van der Waals surface area contributed by atoms with Crippen molar-refractivity contribution >= 4 is 23.1 Å². The Labute approximate surface area is 168 Å². The van der Waals surface area contributed by atoms with Crippen molar-refractivity contribution in [2.45, 2.75) is 39.2 Å². The summed E-state index contributed by atoms with van der Waals surface area (Å²) in [5, 5.41) is 19.9. The zero-order valence-electron chi connectivity index (χ0n) is 16.8. The molecule has 9 nitrogen and oxygen atoms in total. The van der Waals surface area contributed by atoms with Gasteiger partial charge in [0, 0.05) is 24.1 Å². The summed E-state index contributed by atoms with van der Waals surface area (Å²) in [6, 6.07) is 1.83. The quantitative estimate of drug-likeness (QED) is 0.453. The second kappa shape index (κ2) is 7.62. The topological polar surface area (TPSA) is 129 Å². The number of hydrogen-bond donors (Lipinski definition) is 4. The molecular formula is C20H28N6O3. The number of aromatic nitrogens is 3. The Bertz CT molecular complexity index is 976. The number of ether oxygens (including phenoxy) is 2. The normalized spacial score (nSPS) is 25.5. The van der Waals surface area contributed by atoms with Crippen LogP contribution in [0.25, 0.3) is 11.2 Å². The van der Waals surface area contributed by atoms with Gasteiger partial charge in [-0.15, -0.1) is 0 Å². The Morgan fingerprint density at radius 1 is 1.48 bits per heavy atom. The number of carbonyl (C=O) groups is 1. The number of fused-ring (bicyclic) bond motifs is 1. The van der Waals surface area contributed by atoms with Gasteiger partial charge in [0.2, 0.25) is 0 Å². The van der Waals surface area contributed by atoms with Crippen LogP contribution in [-0.4, -0.2) is 52.3 Å². The maximum Gasteiger partial charge on any atom is 0.407 e. The number of rotatable bonds is 5. The second-order valence-electron chi connectivity index (χ2n) is 8.51. The van der Waals surface area contributed by atoms with Gasteiger partial charge in [0.05, 0.1) is 24.9 Å². The number of hydrogen-bond acceptors (Lipinski definition) is 6. The van der Waals surface area contributed by atoms with E-state index < -0.39 is 6.09 Å². The lowest BCUT2D eigenvalue weighted by atomic mass is 9.89. The smallest absolute Gasteiger partial charge is 0.407 e. The minimum Gasteiger partial charge on any atom is -0.446 e. The van der Waals surface area contributed by atoms with Crippen molar-refractivity contribution in [1.82, 2.24) is 19.9 Å². The van der Waals surface area contributed by atoms with E-state index in [1.54, 1.807) is 10.8 Å². The average molecular weight is 400 g/mol. The van der Waals surface area contributed by atoms with Crippen LogP contribution in [0.5, 0.6) is 0 Å². The maximum absolute atomic E-state index is 12.2. The van der Waals surface area contributed by atoms with Crippen LogP contribution in [0.3, 0.4) is 0 Å². The molecule has 1 saturated carbocycles. The summed E-state index contributed by atoms with van der Waals surface area (Å²) in [5.74, 6) is 0.511. The molecule has 3 heterocycles. The van der Waals surface area contributed by atoms with Crippen molar-refractivity contribution in [3.63, 3.8) is 0 Å². The van der Waals surface area contributed by atoms with Gasteiger partial charge in [0.25, 0.3) is 0 Å². The summed E-state index contributed by atoms with van der Waals surface area (Å²) >= 11 is 0. The van der Waals surface area contributed by atoms with Crippen LogP contribution in [0.1, 0.15) is 33.1 Å². The maximum atomic E-state index is 12.2. The molecule has 29 heavy (non-hydrogen) atoms. The van der Waals surface area contributed by atoms with E-state index in [0.717, 1.165) is 18.4 Å². The average Bonchev–Trinajstić information content (AvgIpc) is 3.30. The van der Waals surface area contributed by atoms with Crippen molar-refractivity contribution in [2.75, 3.05) is 19.8 Å². The number of carbonyl (C=O) groups excluding carboxylic acids is 1. The number of nitrogens with one attached hydrogen (secondary N) is 4. The van der Waals surface area contributed by atoms with E-state index in [0.29, 0.717) is 37.7 Å².